The highest BCUT2D eigenvalue weighted by Crippen LogP contribution is 2.17. The maximum Gasteiger partial charge on any atom is 0.111 e. The number of hydrogen-bond acceptors (Lipinski definition) is 2. The molecule has 2 N–H and O–H groups in total. The fraction of sp³-hybridized carbons (Fsp3) is 0.300. The Labute approximate surface area is 78.2 Å². The number of aryl methyl sites for hydroxylation is 1. The van der Waals surface area contributed by atoms with Crippen LogP contribution in [0.5, 0.6) is 0 Å². The predicted octanol–water partition coefficient (Wildman–Crippen LogP) is 2.18. The normalized spacial score (nSPS) is 9.46. The van der Waals surface area contributed by atoms with Gasteiger partial charge >= 0.3 is 0 Å². The zero-order valence-corrected chi connectivity index (χ0v) is 8.28. The summed E-state index contributed by atoms with van der Waals surface area (Å²) in [5.74, 6) is 0. The van der Waals surface area contributed by atoms with E-state index in [2.05, 4.69) is 4.98 Å². The Bertz CT molecular complexity index is 390. The first-order valence-electron chi connectivity index (χ1n) is 4.44. The summed E-state index contributed by atoms with van der Waals surface area (Å²) in [6.45, 7) is 4.00. The predicted molar refractivity (Wildman–Crippen MR) is 56.5 cm³/mol. The van der Waals surface area contributed by atoms with Crippen LogP contribution in [0.4, 0.5) is 5.69 Å². The van der Waals surface area contributed by atoms with Crippen LogP contribution in [0.15, 0.2) is 24.5 Å². The first-order valence-corrected chi connectivity index (χ1v) is 4.44. The quantitative estimate of drug-likeness (QED) is 0.627. The second kappa shape index (κ2) is 3.94. The van der Waals surface area contributed by atoms with Crippen molar-refractivity contribution in [3.05, 3.63) is 24.5 Å². The molecule has 3 heteroatoms. The number of aromatic nitrogens is 2. The third-order valence-corrected chi connectivity index (χ3v) is 1.79. The molecule has 0 fully saturated rings. The Morgan fingerprint density at radius 1 is 1.31 bits per heavy atom. The van der Waals surface area contributed by atoms with Gasteiger partial charge in [-0.05, 0) is 12.1 Å². The monoisotopic (exact) mass is 177 g/mol. The second-order valence-electron chi connectivity index (χ2n) is 2.57. The van der Waals surface area contributed by atoms with Gasteiger partial charge < -0.3 is 10.3 Å². The number of imidazole rings is 1. The standard InChI is InChI=1S/C8H9N3.C2H6/c1-11-5-10-8-6(9)3-2-4-7(8)11;1-2/h2-5H,9H2,1H3;1-2H3. The van der Waals surface area contributed by atoms with Gasteiger partial charge in [0, 0.05) is 7.05 Å². The smallest absolute Gasteiger partial charge is 0.111 e. The maximum absolute atomic E-state index is 5.69. The van der Waals surface area contributed by atoms with Crippen molar-refractivity contribution in [2.24, 2.45) is 7.05 Å². The van der Waals surface area contributed by atoms with E-state index in [1.54, 1.807) is 6.33 Å². The number of nitrogens with two attached hydrogens (primary N) is 1. The third-order valence-electron chi connectivity index (χ3n) is 1.79. The lowest BCUT2D eigenvalue weighted by Gasteiger charge is -1.94. The molecule has 2 rings (SSSR count). The summed E-state index contributed by atoms with van der Waals surface area (Å²) >= 11 is 0. The highest BCUT2D eigenvalue weighted by molar-refractivity contribution is 5.86. The van der Waals surface area contributed by atoms with Gasteiger partial charge in [-0.25, -0.2) is 4.98 Å². The van der Waals surface area contributed by atoms with Crippen molar-refractivity contribution in [3.8, 4) is 0 Å². The third kappa shape index (κ3) is 1.64. The lowest BCUT2D eigenvalue weighted by molar-refractivity contribution is 0.948. The van der Waals surface area contributed by atoms with E-state index < -0.39 is 0 Å². The first kappa shape index (κ1) is 9.58. The molecule has 0 amide bonds. The Morgan fingerprint density at radius 2 is 2.00 bits per heavy atom. The summed E-state index contributed by atoms with van der Waals surface area (Å²) in [4.78, 5) is 4.16. The van der Waals surface area contributed by atoms with Gasteiger partial charge in [0.15, 0.2) is 0 Å². The lowest BCUT2D eigenvalue weighted by atomic mass is 10.3. The van der Waals surface area contributed by atoms with Gasteiger partial charge in [-0.1, -0.05) is 19.9 Å². The van der Waals surface area contributed by atoms with Crippen LogP contribution in [-0.2, 0) is 7.05 Å². The maximum atomic E-state index is 5.69. The molecule has 0 unspecified atom stereocenters. The highest BCUT2D eigenvalue weighted by Gasteiger charge is 2.00. The van der Waals surface area contributed by atoms with Crippen LogP contribution < -0.4 is 5.73 Å². The number of nitrogen functional groups attached to an aromatic ring is 1. The molecule has 0 saturated heterocycles. The average molecular weight is 177 g/mol. The minimum Gasteiger partial charge on any atom is -0.397 e. The number of benzene rings is 1. The van der Waals surface area contributed by atoms with E-state index in [0.29, 0.717) is 0 Å². The van der Waals surface area contributed by atoms with Gasteiger partial charge in [-0.15, -0.1) is 0 Å². The molecule has 0 bridgehead atoms. The zero-order valence-electron chi connectivity index (χ0n) is 8.28. The SMILES string of the molecule is CC.Cn1cnc2c(N)cccc21. The summed E-state index contributed by atoms with van der Waals surface area (Å²) < 4.78 is 1.95. The van der Waals surface area contributed by atoms with Gasteiger partial charge in [-0.2, -0.15) is 0 Å². The molecule has 0 radical (unpaired) electrons. The van der Waals surface area contributed by atoms with Crippen LogP contribution in [0.3, 0.4) is 0 Å². The fourth-order valence-electron chi connectivity index (χ4n) is 1.18. The van der Waals surface area contributed by atoms with Crippen LogP contribution in [0.25, 0.3) is 11.0 Å². The van der Waals surface area contributed by atoms with Crippen LogP contribution >= 0.6 is 0 Å². The van der Waals surface area contributed by atoms with Crippen molar-refractivity contribution in [2.45, 2.75) is 13.8 Å². The van der Waals surface area contributed by atoms with Crippen molar-refractivity contribution in [1.82, 2.24) is 9.55 Å². The minimum atomic E-state index is 0.739. The molecular weight excluding hydrogens is 162 g/mol. The van der Waals surface area contributed by atoms with Crippen LogP contribution in [0.2, 0.25) is 0 Å². The zero-order chi connectivity index (χ0) is 9.84. The number of hydrogen-bond donors (Lipinski definition) is 1. The van der Waals surface area contributed by atoms with E-state index in [9.17, 15) is 0 Å². The minimum absolute atomic E-state index is 0.739. The summed E-state index contributed by atoms with van der Waals surface area (Å²) in [7, 11) is 1.95. The van der Waals surface area contributed by atoms with Crippen molar-refractivity contribution in [1.29, 1.82) is 0 Å². The summed E-state index contributed by atoms with van der Waals surface area (Å²) in [5.41, 5.74) is 8.39. The van der Waals surface area contributed by atoms with Gasteiger partial charge in [0.1, 0.15) is 5.52 Å². The summed E-state index contributed by atoms with van der Waals surface area (Å²) in [6, 6.07) is 5.79. The van der Waals surface area contributed by atoms with E-state index >= 15 is 0 Å². The fourth-order valence-corrected chi connectivity index (χ4v) is 1.18. The Balaban J connectivity index is 0.000000396. The topological polar surface area (TPSA) is 43.8 Å². The van der Waals surface area contributed by atoms with Crippen molar-refractivity contribution in [2.75, 3.05) is 5.73 Å². The number of anilines is 1. The van der Waals surface area contributed by atoms with Gasteiger partial charge in [0.2, 0.25) is 0 Å². The molecule has 1 aromatic heterocycles. The van der Waals surface area contributed by atoms with E-state index in [1.165, 1.54) is 0 Å². The molecule has 3 nitrogen and oxygen atoms in total. The van der Waals surface area contributed by atoms with Crippen molar-refractivity contribution >= 4 is 16.7 Å². The van der Waals surface area contributed by atoms with Gasteiger partial charge in [-0.3, -0.25) is 0 Å². The molecule has 0 saturated carbocycles. The molecule has 0 atom stereocenters. The molecule has 0 aliphatic heterocycles. The van der Waals surface area contributed by atoms with Gasteiger partial charge in [0.05, 0.1) is 17.5 Å². The first-order chi connectivity index (χ1) is 6.29. The molecule has 70 valence electrons. The molecule has 0 aliphatic rings. The number of rotatable bonds is 0. The highest BCUT2D eigenvalue weighted by atomic mass is 15.0. The van der Waals surface area contributed by atoms with E-state index in [0.717, 1.165) is 16.7 Å². The Hall–Kier alpha value is -1.51. The summed E-state index contributed by atoms with van der Waals surface area (Å²) in [6.07, 6.45) is 1.76. The summed E-state index contributed by atoms with van der Waals surface area (Å²) in [5, 5.41) is 0. The molecule has 13 heavy (non-hydrogen) atoms. The Kier molecular flexibility index (Phi) is 2.90. The molecule has 0 aliphatic carbocycles. The van der Waals surface area contributed by atoms with Crippen LogP contribution in [-0.4, -0.2) is 9.55 Å². The van der Waals surface area contributed by atoms with E-state index in [-0.39, 0.29) is 0 Å². The number of fused-ring (bicyclic) bond motifs is 1. The largest absolute Gasteiger partial charge is 0.397 e. The van der Waals surface area contributed by atoms with Crippen molar-refractivity contribution < 1.29 is 0 Å². The van der Waals surface area contributed by atoms with Crippen molar-refractivity contribution in [3.63, 3.8) is 0 Å². The molecule has 0 spiro atoms. The number of para-hydroxylation sites is 1. The second-order valence-corrected chi connectivity index (χ2v) is 2.57. The average Bonchev–Trinajstić information content (AvgIpc) is 2.53. The molecule has 1 aromatic carbocycles. The molecule has 1 heterocycles. The molecule has 2 aromatic rings. The molecular formula is C10H15N3. The van der Waals surface area contributed by atoms with Crippen LogP contribution in [0, 0.1) is 0 Å². The lowest BCUT2D eigenvalue weighted by Crippen LogP contribution is -1.87. The Morgan fingerprint density at radius 3 is 2.62 bits per heavy atom. The van der Waals surface area contributed by atoms with Crippen LogP contribution in [0.1, 0.15) is 13.8 Å². The van der Waals surface area contributed by atoms with E-state index in [1.807, 2.05) is 43.7 Å². The van der Waals surface area contributed by atoms with E-state index in [4.69, 9.17) is 5.73 Å². The van der Waals surface area contributed by atoms with Gasteiger partial charge in [0.25, 0.3) is 0 Å². The number of nitrogens with zero attached hydrogens (tertiary/aromatic N) is 2.